The van der Waals surface area contributed by atoms with E-state index in [2.05, 4.69) is 12.2 Å². The molecule has 0 aliphatic rings. The Hall–Kier alpha value is -1.14. The standard InChI is InChI=1S/C9H15N2O5.Ni/c1-2-3-10-7(12)4-11(5-8(13)14)6-9(15)16;/h1-6H2,(H,10,12)(H,13,14)(H,15,16);. The van der Waals surface area contributed by atoms with E-state index < -0.39 is 30.9 Å². The molecule has 0 rings (SSSR count). The molecule has 0 aliphatic heterocycles. The molecule has 0 saturated carbocycles. The van der Waals surface area contributed by atoms with Crippen LogP contribution in [0.2, 0.25) is 0 Å². The van der Waals surface area contributed by atoms with E-state index in [4.69, 9.17) is 10.2 Å². The first-order valence-corrected chi connectivity index (χ1v) is 4.67. The number of aliphatic carboxylic acids is 2. The molecule has 3 N–H and O–H groups in total. The molecule has 101 valence electrons. The van der Waals surface area contributed by atoms with Crippen molar-refractivity contribution in [3.63, 3.8) is 0 Å². The first kappa shape index (κ1) is 18.2. The molecule has 0 aromatic heterocycles. The fraction of sp³-hybridized carbons (Fsp3) is 0.556. The molecule has 0 heterocycles. The summed E-state index contributed by atoms with van der Waals surface area (Å²) in [6.07, 6.45) is 0.517. The molecule has 0 unspecified atom stereocenters. The van der Waals surface area contributed by atoms with Gasteiger partial charge in [-0.25, -0.2) is 0 Å². The summed E-state index contributed by atoms with van der Waals surface area (Å²) in [5.74, 6) is -2.76. The van der Waals surface area contributed by atoms with E-state index in [1.54, 1.807) is 0 Å². The average molecular weight is 290 g/mol. The topological polar surface area (TPSA) is 107 Å². The maximum absolute atomic E-state index is 11.2. The summed E-state index contributed by atoms with van der Waals surface area (Å²) in [5, 5.41) is 19.5. The maximum atomic E-state index is 11.2. The van der Waals surface area contributed by atoms with Gasteiger partial charge in [-0.15, -0.1) is 0 Å². The van der Waals surface area contributed by atoms with Crippen LogP contribution in [0.3, 0.4) is 0 Å². The minimum absolute atomic E-state index is 0. The van der Waals surface area contributed by atoms with Crippen LogP contribution in [0, 0.1) is 6.92 Å². The van der Waals surface area contributed by atoms with Crippen molar-refractivity contribution in [1.82, 2.24) is 10.2 Å². The van der Waals surface area contributed by atoms with E-state index in [0.29, 0.717) is 13.0 Å². The Bertz CT molecular complexity index is 256. The van der Waals surface area contributed by atoms with Crippen LogP contribution in [-0.2, 0) is 30.9 Å². The molecule has 0 spiro atoms. The molecule has 17 heavy (non-hydrogen) atoms. The van der Waals surface area contributed by atoms with Gasteiger partial charge in [0.05, 0.1) is 19.6 Å². The number of carboxylic acids is 2. The minimum Gasteiger partial charge on any atom is -0.480 e. The molecule has 1 amide bonds. The van der Waals surface area contributed by atoms with Gasteiger partial charge in [0.25, 0.3) is 0 Å². The number of carboxylic acid groups (broad SMARTS) is 2. The number of carbonyl (C=O) groups is 3. The summed E-state index contributed by atoms with van der Waals surface area (Å²) in [5.41, 5.74) is 0. The molecule has 0 aromatic rings. The summed E-state index contributed by atoms with van der Waals surface area (Å²) in [4.78, 5) is 33.1. The predicted molar refractivity (Wildman–Crippen MR) is 54.7 cm³/mol. The van der Waals surface area contributed by atoms with Gasteiger partial charge in [0, 0.05) is 23.0 Å². The van der Waals surface area contributed by atoms with Crippen molar-refractivity contribution in [2.24, 2.45) is 0 Å². The Balaban J connectivity index is 0. The van der Waals surface area contributed by atoms with Crippen LogP contribution in [0.15, 0.2) is 0 Å². The predicted octanol–water partition coefficient (Wildman–Crippen LogP) is -1.20. The molecule has 0 saturated heterocycles. The number of nitrogens with one attached hydrogen (secondary N) is 1. The van der Waals surface area contributed by atoms with Crippen LogP contribution >= 0.6 is 0 Å². The molecule has 0 atom stereocenters. The Morgan fingerprint density at radius 3 is 1.88 bits per heavy atom. The minimum atomic E-state index is -1.17. The Kier molecular flexibility index (Phi) is 10.8. The summed E-state index contributed by atoms with van der Waals surface area (Å²) in [6.45, 7) is 2.68. The zero-order valence-corrected chi connectivity index (χ0v) is 10.1. The second kappa shape index (κ2) is 10.0. The van der Waals surface area contributed by atoms with Crippen molar-refractivity contribution >= 4 is 17.8 Å². The van der Waals surface area contributed by atoms with Crippen LogP contribution in [0.25, 0.3) is 0 Å². The van der Waals surface area contributed by atoms with Gasteiger partial charge in [-0.1, -0.05) is 6.92 Å². The fourth-order valence-electron chi connectivity index (χ4n) is 1.04. The summed E-state index contributed by atoms with van der Waals surface area (Å²) in [7, 11) is 0. The van der Waals surface area contributed by atoms with Crippen LogP contribution in [0.5, 0.6) is 0 Å². The van der Waals surface area contributed by atoms with Crippen molar-refractivity contribution in [2.75, 3.05) is 26.2 Å². The van der Waals surface area contributed by atoms with Crippen molar-refractivity contribution < 1.29 is 41.1 Å². The number of hydrogen-bond donors (Lipinski definition) is 3. The smallest absolute Gasteiger partial charge is 0.317 e. The van der Waals surface area contributed by atoms with Gasteiger partial charge < -0.3 is 15.5 Å². The quantitative estimate of drug-likeness (QED) is 0.484. The summed E-state index contributed by atoms with van der Waals surface area (Å²) >= 11 is 0. The van der Waals surface area contributed by atoms with Gasteiger partial charge in [0.1, 0.15) is 0 Å². The molecule has 8 heteroatoms. The second-order valence-corrected chi connectivity index (χ2v) is 3.14. The molecule has 0 bridgehead atoms. The van der Waals surface area contributed by atoms with Gasteiger partial charge >= 0.3 is 11.9 Å². The van der Waals surface area contributed by atoms with Crippen LogP contribution in [0.1, 0.15) is 6.42 Å². The number of hydrogen-bond acceptors (Lipinski definition) is 4. The third-order valence-electron chi connectivity index (χ3n) is 1.58. The van der Waals surface area contributed by atoms with E-state index in [1.165, 1.54) is 0 Å². The van der Waals surface area contributed by atoms with Crippen LogP contribution in [-0.4, -0.2) is 59.1 Å². The molecule has 7 nitrogen and oxygen atoms in total. The number of rotatable bonds is 8. The average Bonchev–Trinajstić information content (AvgIpc) is 2.12. The summed E-state index contributed by atoms with van der Waals surface area (Å²) < 4.78 is 0. The Morgan fingerprint density at radius 2 is 1.53 bits per heavy atom. The number of carbonyl (C=O) groups excluding carboxylic acids is 1. The van der Waals surface area contributed by atoms with E-state index in [0.717, 1.165) is 4.90 Å². The second-order valence-electron chi connectivity index (χ2n) is 3.14. The van der Waals surface area contributed by atoms with Crippen molar-refractivity contribution in [1.29, 1.82) is 0 Å². The fourth-order valence-corrected chi connectivity index (χ4v) is 1.04. The Morgan fingerprint density at radius 1 is 1.06 bits per heavy atom. The van der Waals surface area contributed by atoms with Gasteiger partial charge in [0.2, 0.25) is 5.91 Å². The van der Waals surface area contributed by atoms with E-state index >= 15 is 0 Å². The normalized spacial score (nSPS) is 9.53. The first-order chi connectivity index (χ1) is 7.45. The number of nitrogens with zero attached hydrogens (tertiary/aromatic N) is 1. The molecule has 0 fully saturated rings. The van der Waals surface area contributed by atoms with Gasteiger partial charge in [-0.3, -0.25) is 19.3 Å². The first-order valence-electron chi connectivity index (χ1n) is 4.67. The van der Waals surface area contributed by atoms with Gasteiger partial charge in [-0.05, 0) is 6.42 Å². The largest absolute Gasteiger partial charge is 0.480 e. The molecule has 0 aromatic carbocycles. The van der Waals surface area contributed by atoms with Gasteiger partial charge in [-0.2, -0.15) is 0 Å². The molecule has 1 radical (unpaired) electrons. The molecular formula is C9H15N2NiO5. The number of amides is 1. The SMILES string of the molecule is [CH2]CCNC(=O)CN(CC(=O)O)CC(=O)O.[Ni]. The van der Waals surface area contributed by atoms with Crippen molar-refractivity contribution in [3.05, 3.63) is 6.92 Å². The molecule has 0 aliphatic carbocycles. The van der Waals surface area contributed by atoms with Crippen LogP contribution in [0.4, 0.5) is 0 Å². The van der Waals surface area contributed by atoms with Crippen molar-refractivity contribution in [2.45, 2.75) is 6.42 Å². The monoisotopic (exact) mass is 289 g/mol. The maximum Gasteiger partial charge on any atom is 0.317 e. The van der Waals surface area contributed by atoms with E-state index in [9.17, 15) is 14.4 Å². The Labute approximate surface area is 109 Å². The van der Waals surface area contributed by atoms with Gasteiger partial charge in [0.15, 0.2) is 0 Å². The van der Waals surface area contributed by atoms with E-state index in [1.807, 2.05) is 0 Å². The molecular weight excluding hydrogens is 275 g/mol. The van der Waals surface area contributed by atoms with E-state index in [-0.39, 0.29) is 23.0 Å². The zero-order chi connectivity index (χ0) is 12.6. The third-order valence-corrected chi connectivity index (χ3v) is 1.58. The van der Waals surface area contributed by atoms with Crippen molar-refractivity contribution in [3.8, 4) is 0 Å². The zero-order valence-electron chi connectivity index (χ0n) is 9.13. The van der Waals surface area contributed by atoms with Crippen LogP contribution < -0.4 is 5.32 Å². The third kappa shape index (κ3) is 11.1. The summed E-state index contributed by atoms with van der Waals surface area (Å²) in [6, 6.07) is 0.